The molecule has 50 valence electrons. The van der Waals surface area contributed by atoms with Crippen molar-refractivity contribution in [2.45, 2.75) is 13.8 Å². The Kier molecular flexibility index (Phi) is 4.06. The van der Waals surface area contributed by atoms with Crippen molar-refractivity contribution in [3.8, 4) is 0 Å². The molecule has 0 unspecified atom stereocenters. The van der Waals surface area contributed by atoms with Gasteiger partial charge in [0.25, 0.3) is 0 Å². The maximum atomic E-state index is 5.53. The zero-order valence-corrected chi connectivity index (χ0v) is 6.44. The smallest absolute Gasteiger partial charge is 0.128 e. The predicted octanol–water partition coefficient (Wildman–Crippen LogP) is 2.73. The fourth-order valence-electron chi connectivity index (χ4n) is 0.279. The minimum Gasteiger partial charge on any atom is -0.242 e. The minimum atomic E-state index is 0.436. The zero-order chi connectivity index (χ0) is 7.28. The molecule has 0 bridgehead atoms. The highest BCUT2D eigenvalue weighted by Gasteiger charge is 1.83. The van der Waals surface area contributed by atoms with E-state index in [1.165, 1.54) is 6.08 Å². The molecule has 1 nitrogen and oxygen atoms in total. The molecular weight excluding hydrogens is 134 g/mol. The summed E-state index contributed by atoms with van der Waals surface area (Å²) >= 11 is 5.53. The third-order valence-corrected chi connectivity index (χ3v) is 1.11. The normalized spacial score (nSPS) is 13.7. The van der Waals surface area contributed by atoms with Crippen LogP contribution in [-0.2, 0) is 0 Å². The number of allylic oxidation sites excluding steroid dienone is 3. The van der Waals surface area contributed by atoms with Crippen molar-refractivity contribution < 1.29 is 0 Å². The van der Waals surface area contributed by atoms with Crippen LogP contribution < -0.4 is 0 Å². The van der Waals surface area contributed by atoms with Gasteiger partial charge in [-0.25, -0.2) is 4.99 Å². The molecule has 0 radical (unpaired) electrons. The van der Waals surface area contributed by atoms with E-state index in [1.54, 1.807) is 0 Å². The molecule has 0 aliphatic rings. The summed E-state index contributed by atoms with van der Waals surface area (Å²) in [5, 5.41) is 0.436. The predicted molar refractivity (Wildman–Crippen MR) is 42.9 cm³/mol. The molecule has 0 aromatic carbocycles. The van der Waals surface area contributed by atoms with Crippen LogP contribution in [0.1, 0.15) is 13.8 Å². The molecule has 0 saturated heterocycles. The van der Waals surface area contributed by atoms with Gasteiger partial charge < -0.3 is 0 Å². The summed E-state index contributed by atoms with van der Waals surface area (Å²) in [7, 11) is 0. The van der Waals surface area contributed by atoms with Gasteiger partial charge in [0.1, 0.15) is 5.17 Å². The van der Waals surface area contributed by atoms with Crippen molar-refractivity contribution in [1.82, 2.24) is 0 Å². The molecule has 0 saturated carbocycles. The van der Waals surface area contributed by atoms with Crippen molar-refractivity contribution in [2.75, 3.05) is 0 Å². The average molecular weight is 144 g/mol. The number of nitrogens with zero attached hydrogens (tertiary/aromatic N) is 1. The number of aliphatic imine (C=N–C) groups is 1. The molecule has 0 amide bonds. The molecule has 9 heavy (non-hydrogen) atoms. The fourth-order valence-corrected chi connectivity index (χ4v) is 0.412. The fraction of sp³-hybridized carbons (Fsp3) is 0.286. The van der Waals surface area contributed by atoms with Gasteiger partial charge in [-0.15, -0.1) is 0 Å². The number of hydrogen-bond donors (Lipinski definition) is 0. The topological polar surface area (TPSA) is 12.4 Å². The van der Waals surface area contributed by atoms with Crippen LogP contribution in [0.5, 0.6) is 0 Å². The van der Waals surface area contributed by atoms with Gasteiger partial charge in [0.05, 0.1) is 0 Å². The Morgan fingerprint density at radius 3 is 2.56 bits per heavy atom. The van der Waals surface area contributed by atoms with E-state index in [9.17, 15) is 0 Å². The molecule has 0 aliphatic heterocycles. The third-order valence-electron chi connectivity index (χ3n) is 0.869. The zero-order valence-electron chi connectivity index (χ0n) is 5.69. The molecule has 0 atom stereocenters. The Morgan fingerprint density at radius 2 is 2.22 bits per heavy atom. The van der Waals surface area contributed by atoms with E-state index in [0.29, 0.717) is 5.17 Å². The van der Waals surface area contributed by atoms with Gasteiger partial charge in [0.2, 0.25) is 0 Å². The van der Waals surface area contributed by atoms with Crippen LogP contribution in [0.25, 0.3) is 0 Å². The molecule has 0 spiro atoms. The Labute approximate surface area is 60.7 Å². The van der Waals surface area contributed by atoms with Crippen LogP contribution in [0.3, 0.4) is 0 Å². The van der Waals surface area contributed by atoms with Crippen molar-refractivity contribution in [2.24, 2.45) is 4.99 Å². The summed E-state index contributed by atoms with van der Waals surface area (Å²) in [6.45, 7) is 7.25. The second-order valence-electron chi connectivity index (χ2n) is 1.57. The molecule has 0 aromatic rings. The molecule has 0 N–H and O–H groups in total. The first kappa shape index (κ1) is 8.44. The number of hydrogen-bond acceptors (Lipinski definition) is 1. The molecule has 0 heterocycles. The molecule has 0 rings (SSSR count). The van der Waals surface area contributed by atoms with Crippen LogP contribution in [0.2, 0.25) is 0 Å². The maximum absolute atomic E-state index is 5.53. The minimum absolute atomic E-state index is 0.436. The Bertz CT molecular complexity index is 156. The van der Waals surface area contributed by atoms with Crippen molar-refractivity contribution in [3.05, 3.63) is 24.4 Å². The van der Waals surface area contributed by atoms with Crippen LogP contribution in [-0.4, -0.2) is 5.17 Å². The lowest BCUT2D eigenvalue weighted by molar-refractivity contribution is 1.29. The highest BCUT2D eigenvalue weighted by Crippen LogP contribution is 1.97. The lowest BCUT2D eigenvalue weighted by Gasteiger charge is -1.88. The van der Waals surface area contributed by atoms with Gasteiger partial charge in [0.15, 0.2) is 0 Å². The number of rotatable bonds is 2. The Balaban J connectivity index is 4.11. The molecule has 0 aromatic heterocycles. The third kappa shape index (κ3) is 3.98. The van der Waals surface area contributed by atoms with Crippen molar-refractivity contribution in [3.63, 3.8) is 0 Å². The highest BCUT2D eigenvalue weighted by atomic mass is 35.5. The largest absolute Gasteiger partial charge is 0.242 e. The molecule has 2 heteroatoms. The van der Waals surface area contributed by atoms with Gasteiger partial charge in [-0.2, -0.15) is 0 Å². The first-order chi connectivity index (χ1) is 4.20. The number of halogens is 1. The van der Waals surface area contributed by atoms with Gasteiger partial charge >= 0.3 is 0 Å². The Hall–Kier alpha value is -0.560. The standard InChI is InChI=1S/C7H10ClN/c1-4-6(3)9-7(8)5-2/h4-5H,2H2,1,3H3/b6-4-,9-7?. The summed E-state index contributed by atoms with van der Waals surface area (Å²) in [4.78, 5) is 3.94. The van der Waals surface area contributed by atoms with Crippen LogP contribution in [0.4, 0.5) is 0 Å². The van der Waals surface area contributed by atoms with Crippen LogP contribution >= 0.6 is 11.6 Å². The summed E-state index contributed by atoms with van der Waals surface area (Å²) in [6, 6.07) is 0. The highest BCUT2D eigenvalue weighted by molar-refractivity contribution is 6.68. The second kappa shape index (κ2) is 4.33. The lowest BCUT2D eigenvalue weighted by Crippen LogP contribution is -1.77. The summed E-state index contributed by atoms with van der Waals surface area (Å²) in [5.41, 5.74) is 0.903. The molecule has 0 fully saturated rings. The van der Waals surface area contributed by atoms with Gasteiger partial charge in [-0.05, 0) is 19.9 Å². The van der Waals surface area contributed by atoms with Crippen molar-refractivity contribution in [1.29, 1.82) is 0 Å². The van der Waals surface area contributed by atoms with E-state index < -0.39 is 0 Å². The van der Waals surface area contributed by atoms with E-state index in [0.717, 1.165) is 5.70 Å². The van der Waals surface area contributed by atoms with E-state index in [2.05, 4.69) is 11.6 Å². The first-order valence-electron chi connectivity index (χ1n) is 2.70. The van der Waals surface area contributed by atoms with E-state index in [-0.39, 0.29) is 0 Å². The first-order valence-corrected chi connectivity index (χ1v) is 3.08. The molecular formula is C7H10ClN. The molecule has 0 aliphatic carbocycles. The second-order valence-corrected chi connectivity index (χ2v) is 1.96. The summed E-state index contributed by atoms with van der Waals surface area (Å²) < 4.78 is 0. The van der Waals surface area contributed by atoms with Gasteiger partial charge in [-0.1, -0.05) is 24.3 Å². The van der Waals surface area contributed by atoms with Crippen molar-refractivity contribution >= 4 is 16.8 Å². The lowest BCUT2D eigenvalue weighted by atomic mass is 10.5. The van der Waals surface area contributed by atoms with Crippen LogP contribution in [0, 0.1) is 0 Å². The Morgan fingerprint density at radius 1 is 1.67 bits per heavy atom. The van der Waals surface area contributed by atoms with E-state index >= 15 is 0 Å². The van der Waals surface area contributed by atoms with Gasteiger partial charge in [0, 0.05) is 5.70 Å². The summed E-state index contributed by atoms with van der Waals surface area (Å²) in [6.07, 6.45) is 3.39. The van der Waals surface area contributed by atoms with Gasteiger partial charge in [-0.3, -0.25) is 0 Å². The quantitative estimate of drug-likeness (QED) is 0.527. The summed E-state index contributed by atoms with van der Waals surface area (Å²) in [5.74, 6) is 0. The monoisotopic (exact) mass is 143 g/mol. The van der Waals surface area contributed by atoms with E-state index in [1.807, 2.05) is 19.9 Å². The van der Waals surface area contributed by atoms with Crippen LogP contribution in [0.15, 0.2) is 29.4 Å². The average Bonchev–Trinajstić information content (AvgIpc) is 1.87. The maximum Gasteiger partial charge on any atom is 0.128 e. The van der Waals surface area contributed by atoms with E-state index in [4.69, 9.17) is 11.6 Å². The SMILES string of the molecule is C=CC(Cl)=N/C(C)=C\C.